The highest BCUT2D eigenvalue weighted by Gasteiger charge is 2.18. The second-order valence-electron chi connectivity index (χ2n) is 3.77. The fourth-order valence-corrected chi connectivity index (χ4v) is 2.95. The molecule has 0 aliphatic heterocycles. The Hall–Kier alpha value is -1.51. The van der Waals surface area contributed by atoms with Crippen molar-refractivity contribution in [3.05, 3.63) is 38.7 Å². The first kappa shape index (κ1) is 14.9. The summed E-state index contributed by atoms with van der Waals surface area (Å²) in [6, 6.07) is 3.05. The monoisotopic (exact) mass is 319 g/mol. The number of hydrogen-bond acceptors (Lipinski definition) is 5. The van der Waals surface area contributed by atoms with Crippen LogP contribution in [0.15, 0.2) is 28.3 Å². The molecule has 0 aliphatic carbocycles. The number of thiophene rings is 2. The largest absolute Gasteiger partial charge is 0.433 e. The van der Waals surface area contributed by atoms with Crippen LogP contribution < -0.4 is 10.1 Å². The van der Waals surface area contributed by atoms with Crippen molar-refractivity contribution in [3.63, 3.8) is 0 Å². The number of aliphatic hydroxyl groups excluding tert-OH is 1. The van der Waals surface area contributed by atoms with Crippen LogP contribution in [-0.2, 0) is 0 Å². The molecule has 8 heteroatoms. The van der Waals surface area contributed by atoms with Crippen LogP contribution in [0.5, 0.6) is 5.75 Å². The lowest BCUT2D eigenvalue weighted by molar-refractivity contribution is -0.0498. The Labute approximate surface area is 121 Å². The molecule has 2 aromatic rings. The van der Waals surface area contributed by atoms with Crippen LogP contribution >= 0.6 is 22.7 Å². The smallest absolute Gasteiger partial charge is 0.387 e. The Bertz CT molecular complexity index is 557. The van der Waals surface area contributed by atoms with Gasteiger partial charge in [0.15, 0.2) is 0 Å². The number of rotatable bonds is 6. The Morgan fingerprint density at radius 3 is 2.85 bits per heavy atom. The number of amides is 1. The van der Waals surface area contributed by atoms with Crippen molar-refractivity contribution in [1.29, 1.82) is 0 Å². The Balaban J connectivity index is 1.93. The highest BCUT2D eigenvalue weighted by atomic mass is 32.1. The molecule has 0 saturated heterocycles. The first-order chi connectivity index (χ1) is 9.58. The number of aliphatic hydroxyl groups is 1. The van der Waals surface area contributed by atoms with Crippen molar-refractivity contribution in [2.45, 2.75) is 12.7 Å². The van der Waals surface area contributed by atoms with Gasteiger partial charge in [0.1, 0.15) is 10.6 Å². The predicted octanol–water partition coefficient (Wildman–Crippen LogP) is 2.87. The lowest BCUT2D eigenvalue weighted by Crippen LogP contribution is -2.28. The molecule has 2 heterocycles. The molecule has 0 fully saturated rings. The van der Waals surface area contributed by atoms with Gasteiger partial charge in [-0.05, 0) is 33.8 Å². The van der Waals surface area contributed by atoms with Gasteiger partial charge in [-0.1, -0.05) is 0 Å². The number of ether oxygens (including phenoxy) is 1. The summed E-state index contributed by atoms with van der Waals surface area (Å²) in [6.07, 6.45) is -0.829. The highest BCUT2D eigenvalue weighted by Crippen LogP contribution is 2.26. The van der Waals surface area contributed by atoms with E-state index >= 15 is 0 Å². The van der Waals surface area contributed by atoms with Crippen molar-refractivity contribution < 1.29 is 23.4 Å². The summed E-state index contributed by atoms with van der Waals surface area (Å²) >= 11 is 2.43. The molecule has 20 heavy (non-hydrogen) atoms. The van der Waals surface area contributed by atoms with Gasteiger partial charge >= 0.3 is 6.61 Å². The van der Waals surface area contributed by atoms with Gasteiger partial charge < -0.3 is 15.2 Å². The summed E-state index contributed by atoms with van der Waals surface area (Å²) in [4.78, 5) is 11.9. The molecule has 0 radical (unpaired) electrons. The minimum absolute atomic E-state index is 0.00157. The first-order valence-corrected chi connectivity index (χ1v) is 7.41. The summed E-state index contributed by atoms with van der Waals surface area (Å²) in [5.74, 6) is -0.711. The molecule has 0 aliphatic rings. The molecule has 0 bridgehead atoms. The third-order valence-corrected chi connectivity index (χ3v) is 4.03. The van der Waals surface area contributed by atoms with E-state index in [1.54, 1.807) is 11.4 Å². The lowest BCUT2D eigenvalue weighted by atomic mass is 10.2. The lowest BCUT2D eigenvalue weighted by Gasteiger charge is -2.11. The number of carbonyl (C=O) groups is 1. The summed E-state index contributed by atoms with van der Waals surface area (Å²) in [6.45, 7) is -2.98. The third kappa shape index (κ3) is 3.75. The van der Waals surface area contributed by atoms with Crippen molar-refractivity contribution in [3.8, 4) is 5.75 Å². The van der Waals surface area contributed by atoms with E-state index in [0.29, 0.717) is 5.56 Å². The number of halogens is 2. The Morgan fingerprint density at radius 1 is 1.40 bits per heavy atom. The summed E-state index contributed by atoms with van der Waals surface area (Å²) in [7, 11) is 0. The van der Waals surface area contributed by atoms with Gasteiger partial charge in [0.2, 0.25) is 0 Å². The molecule has 1 atom stereocenters. The van der Waals surface area contributed by atoms with Crippen molar-refractivity contribution in [1.82, 2.24) is 5.32 Å². The zero-order chi connectivity index (χ0) is 14.5. The highest BCUT2D eigenvalue weighted by molar-refractivity contribution is 7.12. The van der Waals surface area contributed by atoms with Crippen LogP contribution in [-0.4, -0.2) is 24.2 Å². The molecular formula is C12H11F2NO3S2. The maximum absolute atomic E-state index is 12.2. The minimum Gasteiger partial charge on any atom is -0.433 e. The molecule has 0 saturated carbocycles. The molecule has 108 valence electrons. The van der Waals surface area contributed by atoms with Crippen LogP contribution in [0, 0.1) is 0 Å². The summed E-state index contributed by atoms with van der Waals surface area (Å²) in [5.41, 5.74) is 0.700. The van der Waals surface area contributed by atoms with Crippen molar-refractivity contribution >= 4 is 28.6 Å². The molecule has 0 unspecified atom stereocenters. The topological polar surface area (TPSA) is 58.6 Å². The first-order valence-electron chi connectivity index (χ1n) is 5.58. The number of nitrogens with one attached hydrogen (secondary N) is 1. The number of carbonyl (C=O) groups excluding carboxylic acids is 1. The standard InChI is InChI=1S/C12H11F2NO3S2/c13-12(14)18-9-2-4-20-10(9)11(17)15-5-8(16)7-1-3-19-6-7/h1-4,6,8,12,16H,5H2,(H,15,17)/t8-/m1/s1. The molecule has 2 N–H and O–H groups in total. The number of hydrogen-bond donors (Lipinski definition) is 2. The SMILES string of the molecule is O=C(NC[C@@H](O)c1ccsc1)c1sccc1OC(F)F. The van der Waals surface area contributed by atoms with Gasteiger partial charge in [-0.25, -0.2) is 0 Å². The van der Waals surface area contributed by atoms with Crippen molar-refractivity contribution in [2.24, 2.45) is 0 Å². The van der Waals surface area contributed by atoms with Gasteiger partial charge in [-0.15, -0.1) is 11.3 Å². The fraction of sp³-hybridized carbons (Fsp3) is 0.250. The van der Waals surface area contributed by atoms with Crippen molar-refractivity contribution in [2.75, 3.05) is 6.54 Å². The van der Waals surface area contributed by atoms with E-state index < -0.39 is 18.6 Å². The molecular weight excluding hydrogens is 308 g/mol. The molecule has 2 aromatic heterocycles. The second-order valence-corrected chi connectivity index (χ2v) is 5.47. The van der Waals surface area contributed by atoms with Crippen LogP contribution in [0.2, 0.25) is 0 Å². The quantitative estimate of drug-likeness (QED) is 0.861. The second kappa shape index (κ2) is 6.78. The molecule has 2 rings (SSSR count). The normalized spacial score (nSPS) is 12.4. The Kier molecular flexibility index (Phi) is 5.05. The maximum Gasteiger partial charge on any atom is 0.387 e. The van der Waals surface area contributed by atoms with E-state index in [2.05, 4.69) is 10.1 Å². The Morgan fingerprint density at radius 2 is 2.20 bits per heavy atom. The maximum atomic E-state index is 12.2. The third-order valence-electron chi connectivity index (χ3n) is 2.44. The average Bonchev–Trinajstić information content (AvgIpc) is 3.05. The van der Waals surface area contributed by atoms with Crippen LogP contribution in [0.3, 0.4) is 0 Å². The van der Waals surface area contributed by atoms with Crippen LogP contribution in [0.4, 0.5) is 8.78 Å². The van der Waals surface area contributed by atoms with E-state index in [4.69, 9.17) is 0 Å². The molecule has 0 spiro atoms. The molecule has 4 nitrogen and oxygen atoms in total. The summed E-state index contributed by atoms with van der Waals surface area (Å²) < 4.78 is 28.5. The van der Waals surface area contributed by atoms with Crippen LogP contribution in [0.25, 0.3) is 0 Å². The van der Waals surface area contributed by atoms with Gasteiger partial charge in [0.25, 0.3) is 5.91 Å². The van der Waals surface area contributed by atoms with Gasteiger partial charge in [0.05, 0.1) is 6.10 Å². The van der Waals surface area contributed by atoms with E-state index in [-0.39, 0.29) is 17.2 Å². The number of alkyl halides is 2. The van der Waals surface area contributed by atoms with Gasteiger partial charge in [-0.2, -0.15) is 20.1 Å². The molecule has 1 amide bonds. The van der Waals surface area contributed by atoms with E-state index in [9.17, 15) is 18.7 Å². The van der Waals surface area contributed by atoms with Gasteiger partial charge in [0, 0.05) is 6.54 Å². The van der Waals surface area contributed by atoms with E-state index in [1.165, 1.54) is 22.8 Å². The van der Waals surface area contributed by atoms with Crippen LogP contribution in [0.1, 0.15) is 21.3 Å². The van der Waals surface area contributed by atoms with Gasteiger partial charge in [-0.3, -0.25) is 4.79 Å². The zero-order valence-corrected chi connectivity index (χ0v) is 11.7. The molecule has 0 aromatic carbocycles. The summed E-state index contributed by atoms with van der Waals surface area (Å²) in [5, 5.41) is 17.4. The zero-order valence-electron chi connectivity index (χ0n) is 10.1. The minimum atomic E-state index is -2.98. The van der Waals surface area contributed by atoms with E-state index in [1.807, 2.05) is 5.38 Å². The van der Waals surface area contributed by atoms with E-state index in [0.717, 1.165) is 11.3 Å². The predicted molar refractivity (Wildman–Crippen MR) is 72.6 cm³/mol. The fourth-order valence-electron chi connectivity index (χ4n) is 1.50. The average molecular weight is 319 g/mol.